The first-order valence-electron chi connectivity index (χ1n) is 11.4. The van der Waals surface area contributed by atoms with Crippen LogP contribution in [0.1, 0.15) is 18.1 Å². The van der Waals surface area contributed by atoms with E-state index in [0.717, 1.165) is 22.7 Å². The molecule has 0 spiro atoms. The summed E-state index contributed by atoms with van der Waals surface area (Å²) in [7, 11) is 0. The van der Waals surface area contributed by atoms with E-state index in [1.54, 1.807) is 36.7 Å². The van der Waals surface area contributed by atoms with Gasteiger partial charge in [0.15, 0.2) is 0 Å². The second-order valence-corrected chi connectivity index (χ2v) is 8.09. The highest BCUT2D eigenvalue weighted by Gasteiger charge is 2.08. The van der Waals surface area contributed by atoms with Crippen LogP contribution < -0.4 is 10.6 Å². The predicted octanol–water partition coefficient (Wildman–Crippen LogP) is 6.51. The molecule has 0 saturated heterocycles. The van der Waals surface area contributed by atoms with Gasteiger partial charge in [-0.3, -0.25) is 9.98 Å². The number of benzene rings is 4. The molecule has 0 radical (unpaired) electrons. The molecule has 0 amide bonds. The summed E-state index contributed by atoms with van der Waals surface area (Å²) in [4.78, 5) is 9.14. The lowest BCUT2D eigenvalue weighted by Crippen LogP contribution is -2.25. The molecular weight excluding hydrogens is 436 g/mol. The third-order valence-corrected chi connectivity index (χ3v) is 5.37. The fourth-order valence-corrected chi connectivity index (χ4v) is 3.50. The number of aromatic hydroxyl groups is 2. The second-order valence-electron chi connectivity index (χ2n) is 8.09. The molecule has 4 aromatic rings. The molecule has 1 unspecified atom stereocenters. The molecule has 0 aromatic heterocycles. The molecule has 0 bridgehead atoms. The van der Waals surface area contributed by atoms with Crippen molar-refractivity contribution in [3.63, 3.8) is 0 Å². The Labute approximate surface area is 205 Å². The van der Waals surface area contributed by atoms with Gasteiger partial charge < -0.3 is 20.8 Å². The van der Waals surface area contributed by atoms with E-state index < -0.39 is 0 Å². The van der Waals surface area contributed by atoms with Gasteiger partial charge in [-0.05, 0) is 55.5 Å². The van der Waals surface area contributed by atoms with Crippen molar-refractivity contribution >= 4 is 35.2 Å². The average Bonchev–Trinajstić information content (AvgIpc) is 2.88. The van der Waals surface area contributed by atoms with E-state index in [-0.39, 0.29) is 17.5 Å². The fourth-order valence-electron chi connectivity index (χ4n) is 3.50. The molecule has 4 rings (SSSR count). The minimum atomic E-state index is 0.0895. The topological polar surface area (TPSA) is 89.2 Å². The monoisotopic (exact) mass is 464 g/mol. The highest BCUT2D eigenvalue weighted by Crippen LogP contribution is 2.27. The second kappa shape index (κ2) is 11.5. The van der Waals surface area contributed by atoms with E-state index >= 15 is 0 Å². The Morgan fingerprint density at radius 3 is 1.69 bits per heavy atom. The third-order valence-electron chi connectivity index (χ3n) is 5.37. The van der Waals surface area contributed by atoms with Crippen molar-refractivity contribution in [3.8, 4) is 11.5 Å². The van der Waals surface area contributed by atoms with Gasteiger partial charge in [-0.25, -0.2) is 0 Å². The Balaban J connectivity index is 1.41. The van der Waals surface area contributed by atoms with Gasteiger partial charge in [0, 0.05) is 36.1 Å². The Bertz CT molecular complexity index is 1330. The number of hydrogen-bond donors (Lipinski definition) is 4. The molecule has 35 heavy (non-hydrogen) atoms. The standard InChI is InChI=1S/C29H28N4O2/c1-21(33-27-15-7-6-14-26(27)32-20-23-11-3-9-17-29(23)35)18-30-24-12-4-5-13-25(24)31-19-22-10-2-8-16-28(22)34/h2-17,19-21,30,33-35H,18H2,1H3. The number of anilines is 2. The van der Waals surface area contributed by atoms with Crippen molar-refractivity contribution < 1.29 is 10.2 Å². The molecule has 0 saturated carbocycles. The molecule has 4 N–H and O–H groups in total. The van der Waals surface area contributed by atoms with Crippen molar-refractivity contribution in [1.82, 2.24) is 0 Å². The number of nitrogens with one attached hydrogen (secondary N) is 2. The van der Waals surface area contributed by atoms with Gasteiger partial charge in [-0.1, -0.05) is 48.5 Å². The lowest BCUT2D eigenvalue weighted by atomic mass is 10.2. The molecule has 0 fully saturated rings. The summed E-state index contributed by atoms with van der Waals surface area (Å²) < 4.78 is 0. The largest absolute Gasteiger partial charge is 0.507 e. The van der Waals surface area contributed by atoms with Crippen LogP contribution in [0.5, 0.6) is 11.5 Å². The number of rotatable bonds is 9. The maximum Gasteiger partial charge on any atom is 0.124 e. The van der Waals surface area contributed by atoms with Gasteiger partial charge in [-0.2, -0.15) is 0 Å². The van der Waals surface area contributed by atoms with E-state index in [0.29, 0.717) is 17.7 Å². The van der Waals surface area contributed by atoms with Crippen LogP contribution in [0.25, 0.3) is 0 Å². The molecule has 0 heterocycles. The molecule has 0 aliphatic carbocycles. The number of aliphatic imine (C=N–C) groups is 2. The highest BCUT2D eigenvalue weighted by molar-refractivity contribution is 5.87. The van der Waals surface area contributed by atoms with Crippen LogP contribution in [0.15, 0.2) is 107 Å². The maximum atomic E-state index is 9.98. The van der Waals surface area contributed by atoms with Crippen LogP contribution in [0.3, 0.4) is 0 Å². The van der Waals surface area contributed by atoms with Crippen molar-refractivity contribution in [2.75, 3.05) is 17.2 Å². The maximum absolute atomic E-state index is 9.98. The van der Waals surface area contributed by atoms with Gasteiger partial charge in [0.05, 0.1) is 22.7 Å². The fraction of sp³-hybridized carbons (Fsp3) is 0.103. The van der Waals surface area contributed by atoms with Crippen LogP contribution in [-0.4, -0.2) is 35.2 Å². The SMILES string of the molecule is CC(CNc1ccccc1N=Cc1ccccc1O)Nc1ccccc1N=Cc1ccccc1O. The molecule has 6 nitrogen and oxygen atoms in total. The molecule has 4 aromatic carbocycles. The summed E-state index contributed by atoms with van der Waals surface area (Å²) in [5.74, 6) is 0.395. The molecule has 6 heteroatoms. The summed E-state index contributed by atoms with van der Waals surface area (Å²) in [6.07, 6.45) is 3.33. The smallest absolute Gasteiger partial charge is 0.124 e. The van der Waals surface area contributed by atoms with E-state index in [1.807, 2.05) is 72.8 Å². The van der Waals surface area contributed by atoms with Gasteiger partial charge in [0.2, 0.25) is 0 Å². The Morgan fingerprint density at radius 2 is 1.11 bits per heavy atom. The lowest BCUT2D eigenvalue weighted by molar-refractivity contribution is 0.474. The van der Waals surface area contributed by atoms with Crippen LogP contribution in [0, 0.1) is 0 Å². The first kappa shape index (κ1) is 23.6. The number of phenols is 2. The zero-order chi connectivity index (χ0) is 24.5. The van der Waals surface area contributed by atoms with Crippen LogP contribution in [0.2, 0.25) is 0 Å². The average molecular weight is 465 g/mol. The summed E-state index contributed by atoms with van der Waals surface area (Å²) in [5.41, 5.74) is 4.71. The highest BCUT2D eigenvalue weighted by atomic mass is 16.3. The van der Waals surface area contributed by atoms with Crippen molar-refractivity contribution in [2.24, 2.45) is 9.98 Å². The van der Waals surface area contributed by atoms with Crippen LogP contribution >= 0.6 is 0 Å². The number of hydrogen-bond acceptors (Lipinski definition) is 6. The van der Waals surface area contributed by atoms with Crippen molar-refractivity contribution in [2.45, 2.75) is 13.0 Å². The predicted molar refractivity (Wildman–Crippen MR) is 145 cm³/mol. The van der Waals surface area contributed by atoms with Crippen molar-refractivity contribution in [1.29, 1.82) is 0 Å². The summed E-state index contributed by atoms with van der Waals surface area (Å²) >= 11 is 0. The van der Waals surface area contributed by atoms with Gasteiger partial charge in [0.25, 0.3) is 0 Å². The minimum absolute atomic E-state index is 0.0895. The zero-order valence-corrected chi connectivity index (χ0v) is 19.5. The van der Waals surface area contributed by atoms with Crippen LogP contribution in [0.4, 0.5) is 22.7 Å². The first-order chi connectivity index (χ1) is 17.1. The summed E-state index contributed by atoms with van der Waals surface area (Å²) in [6, 6.07) is 29.9. The number of para-hydroxylation sites is 6. The zero-order valence-electron chi connectivity index (χ0n) is 19.5. The Morgan fingerprint density at radius 1 is 0.657 bits per heavy atom. The normalized spacial score (nSPS) is 12.1. The van der Waals surface area contributed by atoms with E-state index in [2.05, 4.69) is 27.5 Å². The third kappa shape index (κ3) is 6.48. The summed E-state index contributed by atoms with van der Waals surface area (Å²) in [5, 5.41) is 26.9. The molecule has 1 atom stereocenters. The Kier molecular flexibility index (Phi) is 7.76. The quantitative estimate of drug-likeness (QED) is 0.213. The van der Waals surface area contributed by atoms with E-state index in [4.69, 9.17) is 0 Å². The summed E-state index contributed by atoms with van der Waals surface area (Å²) in [6.45, 7) is 2.74. The van der Waals surface area contributed by atoms with Gasteiger partial charge in [0.1, 0.15) is 11.5 Å². The Hall–Kier alpha value is -4.58. The molecule has 176 valence electrons. The molecular formula is C29H28N4O2. The minimum Gasteiger partial charge on any atom is -0.507 e. The number of nitrogens with zero attached hydrogens (tertiary/aromatic N) is 2. The van der Waals surface area contributed by atoms with Crippen LogP contribution in [-0.2, 0) is 0 Å². The molecule has 0 aliphatic rings. The van der Waals surface area contributed by atoms with E-state index in [1.165, 1.54) is 0 Å². The van der Waals surface area contributed by atoms with Crippen molar-refractivity contribution in [3.05, 3.63) is 108 Å². The van der Waals surface area contributed by atoms with E-state index in [9.17, 15) is 10.2 Å². The molecule has 0 aliphatic heterocycles. The first-order valence-corrected chi connectivity index (χ1v) is 11.4. The number of phenolic OH excluding ortho intramolecular Hbond substituents is 2. The lowest BCUT2D eigenvalue weighted by Gasteiger charge is -2.18. The van der Waals surface area contributed by atoms with Gasteiger partial charge >= 0.3 is 0 Å². The van der Waals surface area contributed by atoms with Gasteiger partial charge in [-0.15, -0.1) is 0 Å².